The van der Waals surface area contributed by atoms with Crippen molar-refractivity contribution in [3.63, 3.8) is 0 Å². The Bertz CT molecular complexity index is 1720. The Morgan fingerprint density at radius 3 is 2.68 bits per heavy atom. The molecule has 0 radical (unpaired) electrons. The highest BCUT2D eigenvalue weighted by atomic mass is 19.1. The van der Waals surface area contributed by atoms with Crippen molar-refractivity contribution in [2.75, 3.05) is 43.5 Å². The Morgan fingerprint density at radius 1 is 1.27 bits per heavy atom. The first-order valence-corrected chi connectivity index (χ1v) is 14.8. The summed E-state index contributed by atoms with van der Waals surface area (Å²) >= 11 is 0. The van der Waals surface area contributed by atoms with E-state index < -0.39 is 24.2 Å². The number of pyridine rings is 1. The minimum absolute atomic E-state index is 0.0820. The highest BCUT2D eigenvalue weighted by Crippen LogP contribution is 2.46. The van der Waals surface area contributed by atoms with Gasteiger partial charge in [0.2, 0.25) is 6.29 Å². The van der Waals surface area contributed by atoms with Gasteiger partial charge in [0.1, 0.15) is 17.5 Å². The van der Waals surface area contributed by atoms with Gasteiger partial charge in [-0.15, -0.1) is 0 Å². The molecule has 0 saturated carbocycles. The molecule has 3 atom stereocenters. The molecule has 1 amide bonds. The maximum absolute atomic E-state index is 15.8. The molecule has 2 saturated heterocycles. The molecule has 2 aliphatic heterocycles. The monoisotopic (exact) mass is 603 g/mol. The standard InChI is InChI=1S/C32H38FN7O4/c1-8-20(13-35-17(2)3)23-14-36-31-28(30(23)40-10-9-21-15-38(6)16-26(21)40)27-22(12-34)24(33)11-25(29(27)37-31)39(7)32(42)44-19(5)43-18(4)41/h8,11,13-14,17,19,21,26H,9-10,15-16H2,1-7H3,(H,36,37)/b20-8+,35-13?/t19?,21-,26+/m0/s1. The summed E-state index contributed by atoms with van der Waals surface area (Å²) in [4.78, 5) is 42.9. The molecule has 11 nitrogen and oxygen atoms in total. The van der Waals surface area contributed by atoms with E-state index in [-0.39, 0.29) is 23.3 Å². The second-order valence-corrected chi connectivity index (χ2v) is 11.7. The quantitative estimate of drug-likeness (QED) is 0.221. The van der Waals surface area contributed by atoms with Crippen molar-refractivity contribution in [2.45, 2.75) is 59.4 Å². The van der Waals surface area contributed by atoms with E-state index in [4.69, 9.17) is 14.5 Å². The fourth-order valence-electron chi connectivity index (χ4n) is 6.40. The van der Waals surface area contributed by atoms with E-state index in [0.717, 1.165) is 53.8 Å². The molecule has 1 aromatic carbocycles. The van der Waals surface area contributed by atoms with Crippen LogP contribution in [0.5, 0.6) is 0 Å². The summed E-state index contributed by atoms with van der Waals surface area (Å²) in [6, 6.07) is 3.49. The SMILES string of the molecule is C/C=C(\C=NC(C)C)c1cnc2[nH]c3c(N(C)C(=O)OC(C)OC(C)=O)cc(F)c(C#N)c3c2c1N1CC[C@H]2CN(C)C[C@H]21. The molecular weight excluding hydrogens is 565 g/mol. The van der Waals surface area contributed by atoms with Gasteiger partial charge in [-0.3, -0.25) is 14.7 Å². The predicted octanol–water partition coefficient (Wildman–Crippen LogP) is 5.23. The summed E-state index contributed by atoms with van der Waals surface area (Å²) in [6.45, 7) is 11.2. The molecule has 1 N–H and O–H groups in total. The summed E-state index contributed by atoms with van der Waals surface area (Å²) in [5.41, 5.74) is 3.37. The molecule has 2 fully saturated rings. The van der Waals surface area contributed by atoms with E-state index in [9.17, 15) is 14.9 Å². The summed E-state index contributed by atoms with van der Waals surface area (Å²) in [6.07, 6.45) is 4.60. The van der Waals surface area contributed by atoms with Crippen LogP contribution in [0.2, 0.25) is 0 Å². The van der Waals surface area contributed by atoms with E-state index in [2.05, 4.69) is 32.9 Å². The number of benzene rings is 1. The van der Waals surface area contributed by atoms with Crippen LogP contribution >= 0.6 is 0 Å². The molecule has 4 heterocycles. The molecule has 44 heavy (non-hydrogen) atoms. The first-order chi connectivity index (χ1) is 20.9. The first kappa shape index (κ1) is 30.9. The molecule has 0 aliphatic carbocycles. The zero-order valence-electron chi connectivity index (χ0n) is 26.1. The van der Waals surface area contributed by atoms with Crippen molar-refractivity contribution < 1.29 is 23.5 Å². The van der Waals surface area contributed by atoms with Gasteiger partial charge in [-0.1, -0.05) is 6.08 Å². The third kappa shape index (κ3) is 5.59. The summed E-state index contributed by atoms with van der Waals surface area (Å²) in [7, 11) is 3.54. The van der Waals surface area contributed by atoms with E-state index in [1.165, 1.54) is 20.9 Å². The fourth-order valence-corrected chi connectivity index (χ4v) is 6.40. The zero-order chi connectivity index (χ0) is 31.9. The number of hydrogen-bond donors (Lipinski definition) is 1. The van der Waals surface area contributed by atoms with Gasteiger partial charge >= 0.3 is 12.1 Å². The lowest BCUT2D eigenvalue weighted by molar-refractivity contribution is -0.161. The number of allylic oxidation sites excluding steroid dienone is 2. The van der Waals surface area contributed by atoms with E-state index in [0.29, 0.717) is 27.9 Å². The predicted molar refractivity (Wildman–Crippen MR) is 168 cm³/mol. The summed E-state index contributed by atoms with van der Waals surface area (Å²) in [5.74, 6) is -0.920. The maximum Gasteiger partial charge on any atom is 0.417 e. The van der Waals surface area contributed by atoms with E-state index in [1.54, 1.807) is 6.20 Å². The van der Waals surface area contributed by atoms with Crippen molar-refractivity contribution in [3.05, 3.63) is 35.3 Å². The molecule has 0 spiro atoms. The molecule has 12 heteroatoms. The van der Waals surface area contributed by atoms with Crippen molar-refractivity contribution in [3.8, 4) is 6.07 Å². The van der Waals surface area contributed by atoms with Gasteiger partial charge in [-0.2, -0.15) is 5.26 Å². The van der Waals surface area contributed by atoms with Gasteiger partial charge in [-0.05, 0) is 45.7 Å². The first-order valence-electron chi connectivity index (χ1n) is 14.8. The number of anilines is 2. The number of esters is 1. The maximum atomic E-state index is 15.8. The number of nitrogens with zero attached hydrogens (tertiary/aromatic N) is 6. The molecule has 3 aromatic rings. The van der Waals surface area contributed by atoms with Crippen LogP contribution in [0.1, 0.15) is 52.2 Å². The van der Waals surface area contributed by atoms with Gasteiger partial charge in [0, 0.05) is 82.0 Å². The molecule has 2 aliphatic rings. The van der Waals surface area contributed by atoms with Crippen molar-refractivity contribution in [1.29, 1.82) is 5.26 Å². The number of likely N-dealkylation sites (N-methyl/N-ethyl adjacent to an activating group) is 1. The highest BCUT2D eigenvalue weighted by molar-refractivity contribution is 6.22. The molecule has 2 aromatic heterocycles. The van der Waals surface area contributed by atoms with Gasteiger partial charge in [-0.25, -0.2) is 14.2 Å². The lowest BCUT2D eigenvalue weighted by Crippen LogP contribution is -2.35. The number of nitriles is 1. The van der Waals surface area contributed by atoms with Crippen LogP contribution < -0.4 is 9.80 Å². The average Bonchev–Trinajstić information content (AvgIpc) is 3.64. The Labute approximate surface area is 255 Å². The number of aliphatic imine (C=N–C) groups is 1. The fraction of sp³-hybridized carbons (Fsp3) is 0.469. The summed E-state index contributed by atoms with van der Waals surface area (Å²) in [5, 5.41) is 11.2. The van der Waals surface area contributed by atoms with Gasteiger partial charge in [0.15, 0.2) is 0 Å². The molecule has 232 valence electrons. The summed E-state index contributed by atoms with van der Waals surface area (Å²) < 4.78 is 26.0. The number of hydrogen-bond acceptors (Lipinski definition) is 9. The number of nitrogens with one attached hydrogen (secondary N) is 1. The zero-order valence-corrected chi connectivity index (χ0v) is 26.1. The number of halogens is 1. The number of likely N-dealkylation sites (tertiary alicyclic amines) is 1. The van der Waals surface area contributed by atoms with Gasteiger partial charge < -0.3 is 24.3 Å². The Balaban J connectivity index is 1.77. The number of carbonyl (C=O) groups excluding carboxylic acids is 2. The van der Waals surface area contributed by atoms with Crippen LogP contribution in [0, 0.1) is 23.1 Å². The minimum Gasteiger partial charge on any atom is -0.426 e. The van der Waals surface area contributed by atoms with Crippen molar-refractivity contribution in [2.24, 2.45) is 10.9 Å². The number of amides is 1. The lowest BCUT2D eigenvalue weighted by atomic mass is 9.98. The largest absolute Gasteiger partial charge is 0.426 e. The number of rotatable bonds is 7. The second kappa shape index (κ2) is 12.2. The smallest absolute Gasteiger partial charge is 0.417 e. The molecule has 5 rings (SSSR count). The van der Waals surface area contributed by atoms with Crippen molar-refractivity contribution in [1.82, 2.24) is 14.9 Å². The number of carbonyl (C=O) groups is 2. The lowest BCUT2D eigenvalue weighted by Gasteiger charge is -2.29. The third-order valence-corrected chi connectivity index (χ3v) is 8.30. The number of aromatic amines is 1. The van der Waals surface area contributed by atoms with Gasteiger partial charge in [0.05, 0.1) is 27.8 Å². The average molecular weight is 604 g/mol. The highest BCUT2D eigenvalue weighted by Gasteiger charge is 2.42. The topological polar surface area (TPSA) is 127 Å². The Morgan fingerprint density at radius 2 is 2.02 bits per heavy atom. The van der Waals surface area contributed by atoms with E-state index in [1.807, 2.05) is 33.1 Å². The Hall–Kier alpha value is -4.50. The van der Waals surface area contributed by atoms with E-state index >= 15 is 4.39 Å². The molecule has 1 unspecified atom stereocenters. The van der Waals surface area contributed by atoms with Crippen LogP contribution in [0.4, 0.5) is 20.6 Å². The number of ether oxygens (including phenoxy) is 2. The molecular formula is C32H38FN7O4. The molecule has 0 bridgehead atoms. The van der Waals surface area contributed by atoms with Crippen LogP contribution in [-0.2, 0) is 14.3 Å². The number of H-pyrrole nitrogens is 1. The Kier molecular flexibility index (Phi) is 8.61. The second-order valence-electron chi connectivity index (χ2n) is 11.7. The number of aromatic nitrogens is 2. The normalized spacial score (nSPS) is 19.6. The number of fused-ring (bicyclic) bond motifs is 4. The van der Waals surface area contributed by atoms with Crippen LogP contribution in [0.15, 0.2) is 23.3 Å². The van der Waals surface area contributed by atoms with Crippen LogP contribution in [0.3, 0.4) is 0 Å². The third-order valence-electron chi connectivity index (χ3n) is 8.30. The minimum atomic E-state index is -1.15. The van der Waals surface area contributed by atoms with Gasteiger partial charge in [0.25, 0.3) is 0 Å². The van der Waals surface area contributed by atoms with Crippen LogP contribution in [-0.4, -0.2) is 85.2 Å². The van der Waals surface area contributed by atoms with Crippen LogP contribution in [0.25, 0.3) is 27.5 Å². The van der Waals surface area contributed by atoms with Crippen molar-refractivity contribution >= 4 is 57.2 Å².